The molecule has 5 nitrogen and oxygen atoms in total. The van der Waals surface area contributed by atoms with Crippen LogP contribution < -0.4 is 9.62 Å². The third kappa shape index (κ3) is 6.03. The van der Waals surface area contributed by atoms with Crippen molar-refractivity contribution in [2.45, 2.75) is 10.9 Å². The first-order chi connectivity index (χ1) is 16.8. The van der Waals surface area contributed by atoms with Crippen molar-refractivity contribution >= 4 is 44.8 Å². The molecule has 1 N–H and O–H groups in total. The van der Waals surface area contributed by atoms with Crippen molar-refractivity contribution < 1.29 is 13.2 Å². The van der Waals surface area contributed by atoms with Crippen LogP contribution in [0.2, 0.25) is 10.0 Å². The Balaban J connectivity index is 1.70. The number of carbonyl (C=O) groups is 1. The Kier molecular flexibility index (Phi) is 7.76. The van der Waals surface area contributed by atoms with Gasteiger partial charge in [0.1, 0.15) is 6.54 Å². The Morgan fingerprint density at radius 1 is 0.743 bits per heavy atom. The van der Waals surface area contributed by atoms with Crippen LogP contribution in [0.1, 0.15) is 17.2 Å². The van der Waals surface area contributed by atoms with Gasteiger partial charge in [0.2, 0.25) is 5.91 Å². The van der Waals surface area contributed by atoms with E-state index in [1.807, 2.05) is 60.7 Å². The summed E-state index contributed by atoms with van der Waals surface area (Å²) in [6.07, 6.45) is 0. The molecular weight excluding hydrogens is 503 g/mol. The lowest BCUT2D eigenvalue weighted by Gasteiger charge is -2.26. The zero-order valence-corrected chi connectivity index (χ0v) is 20.8. The van der Waals surface area contributed by atoms with Gasteiger partial charge in [0, 0.05) is 10.0 Å². The average Bonchev–Trinajstić information content (AvgIpc) is 2.87. The number of nitrogens with one attached hydrogen (secondary N) is 1. The summed E-state index contributed by atoms with van der Waals surface area (Å²) in [7, 11) is -4.09. The SMILES string of the molecule is O=C(CN(c1cc(Cl)cc(Cl)c1)S(=O)(=O)c1ccccc1)NC(c1ccccc1)c1ccccc1. The van der Waals surface area contributed by atoms with Crippen molar-refractivity contribution in [3.05, 3.63) is 130 Å². The van der Waals surface area contributed by atoms with Crippen LogP contribution in [0.5, 0.6) is 0 Å². The minimum atomic E-state index is -4.09. The minimum Gasteiger partial charge on any atom is -0.344 e. The van der Waals surface area contributed by atoms with Crippen molar-refractivity contribution in [1.29, 1.82) is 0 Å². The molecule has 4 aromatic carbocycles. The smallest absolute Gasteiger partial charge is 0.264 e. The summed E-state index contributed by atoms with van der Waals surface area (Å²) in [5.41, 5.74) is 1.93. The van der Waals surface area contributed by atoms with E-state index in [9.17, 15) is 13.2 Å². The molecule has 0 saturated heterocycles. The first-order valence-electron chi connectivity index (χ1n) is 10.8. The molecule has 0 bridgehead atoms. The highest BCUT2D eigenvalue weighted by Crippen LogP contribution is 2.30. The number of nitrogens with zero attached hydrogens (tertiary/aromatic N) is 1. The number of hydrogen-bond donors (Lipinski definition) is 1. The Hall–Kier alpha value is -3.32. The number of halogens is 2. The van der Waals surface area contributed by atoms with Crippen LogP contribution in [0.15, 0.2) is 114 Å². The second kappa shape index (κ2) is 11.0. The molecule has 4 aromatic rings. The molecule has 178 valence electrons. The zero-order chi connectivity index (χ0) is 24.8. The lowest BCUT2D eigenvalue weighted by atomic mass is 9.99. The lowest BCUT2D eigenvalue weighted by Crippen LogP contribution is -2.42. The van der Waals surface area contributed by atoms with Crippen molar-refractivity contribution in [1.82, 2.24) is 5.32 Å². The highest BCUT2D eigenvalue weighted by Gasteiger charge is 2.29. The van der Waals surface area contributed by atoms with E-state index >= 15 is 0 Å². The molecule has 35 heavy (non-hydrogen) atoms. The van der Waals surface area contributed by atoms with Crippen LogP contribution in [0.3, 0.4) is 0 Å². The van der Waals surface area contributed by atoms with Crippen LogP contribution >= 0.6 is 23.2 Å². The van der Waals surface area contributed by atoms with E-state index in [0.29, 0.717) is 0 Å². The fraction of sp³-hybridized carbons (Fsp3) is 0.0741. The van der Waals surface area contributed by atoms with Gasteiger partial charge in [-0.2, -0.15) is 0 Å². The van der Waals surface area contributed by atoms with E-state index in [1.165, 1.54) is 30.3 Å². The molecule has 0 saturated carbocycles. The number of hydrogen-bond acceptors (Lipinski definition) is 3. The van der Waals surface area contributed by atoms with Gasteiger partial charge in [-0.1, -0.05) is 102 Å². The number of rotatable bonds is 8. The van der Waals surface area contributed by atoms with Gasteiger partial charge in [0.05, 0.1) is 16.6 Å². The van der Waals surface area contributed by atoms with E-state index in [4.69, 9.17) is 23.2 Å². The predicted octanol–water partition coefficient (Wildman–Crippen LogP) is 6.09. The minimum absolute atomic E-state index is 0.0477. The second-order valence-electron chi connectivity index (χ2n) is 7.77. The van der Waals surface area contributed by atoms with Crippen LogP contribution in [0.25, 0.3) is 0 Å². The summed E-state index contributed by atoms with van der Waals surface area (Å²) in [4.78, 5) is 13.4. The number of benzene rings is 4. The number of carbonyl (C=O) groups excluding carboxylic acids is 1. The first kappa shape index (κ1) is 24.8. The van der Waals surface area contributed by atoms with Crippen molar-refractivity contribution in [2.75, 3.05) is 10.8 Å². The Bertz CT molecular complexity index is 1340. The molecule has 0 aliphatic carbocycles. The fourth-order valence-corrected chi connectivity index (χ4v) is 5.65. The van der Waals surface area contributed by atoms with Gasteiger partial charge < -0.3 is 5.32 Å². The molecule has 1 amide bonds. The molecule has 4 rings (SSSR count). The summed E-state index contributed by atoms with van der Waals surface area (Å²) in [6, 6.07) is 30.9. The number of sulfonamides is 1. The van der Waals surface area contributed by atoms with Gasteiger partial charge in [-0.15, -0.1) is 0 Å². The molecule has 0 aliphatic heterocycles. The van der Waals surface area contributed by atoms with Crippen molar-refractivity contribution in [3.8, 4) is 0 Å². The summed E-state index contributed by atoms with van der Waals surface area (Å²) < 4.78 is 28.2. The summed E-state index contributed by atoms with van der Waals surface area (Å²) >= 11 is 12.3. The highest BCUT2D eigenvalue weighted by atomic mass is 35.5. The molecule has 0 spiro atoms. The second-order valence-corrected chi connectivity index (χ2v) is 10.5. The average molecular weight is 525 g/mol. The normalized spacial score (nSPS) is 11.3. The zero-order valence-electron chi connectivity index (χ0n) is 18.5. The molecule has 0 heterocycles. The first-order valence-corrected chi connectivity index (χ1v) is 13.0. The Morgan fingerprint density at radius 2 is 1.20 bits per heavy atom. The summed E-state index contributed by atoms with van der Waals surface area (Å²) in [6.45, 7) is -0.468. The molecule has 8 heteroatoms. The van der Waals surface area contributed by atoms with Crippen LogP contribution in [0, 0.1) is 0 Å². The van der Waals surface area contributed by atoms with Gasteiger partial charge in [-0.3, -0.25) is 9.10 Å². The summed E-state index contributed by atoms with van der Waals surface area (Å²) in [5, 5.41) is 3.51. The van der Waals surface area contributed by atoms with Crippen LogP contribution in [-0.2, 0) is 14.8 Å². The summed E-state index contributed by atoms with van der Waals surface area (Å²) in [5.74, 6) is -0.488. The van der Waals surface area contributed by atoms with Crippen molar-refractivity contribution in [3.63, 3.8) is 0 Å². The third-order valence-corrected chi connectivity index (χ3v) is 7.55. The van der Waals surface area contributed by atoms with Gasteiger partial charge >= 0.3 is 0 Å². The molecule has 0 aliphatic rings. The van der Waals surface area contributed by atoms with E-state index in [0.717, 1.165) is 15.4 Å². The largest absolute Gasteiger partial charge is 0.344 e. The van der Waals surface area contributed by atoms with Crippen molar-refractivity contribution in [2.24, 2.45) is 0 Å². The highest BCUT2D eigenvalue weighted by molar-refractivity contribution is 7.92. The molecule has 0 unspecified atom stereocenters. The van der Waals surface area contributed by atoms with Gasteiger partial charge in [-0.25, -0.2) is 8.42 Å². The van der Waals surface area contributed by atoms with Crippen LogP contribution in [-0.4, -0.2) is 20.9 Å². The predicted molar refractivity (Wildman–Crippen MR) is 140 cm³/mol. The standard InChI is InChI=1S/C27H22Cl2N2O3S/c28-22-16-23(29)18-24(17-22)31(35(33,34)25-14-8-3-9-15-25)19-26(32)30-27(20-10-4-1-5-11-20)21-12-6-2-7-13-21/h1-18,27H,19H2,(H,30,32). The molecule has 0 fully saturated rings. The van der Waals surface area contributed by atoms with E-state index in [2.05, 4.69) is 5.32 Å². The van der Waals surface area contributed by atoms with E-state index < -0.39 is 28.5 Å². The topological polar surface area (TPSA) is 66.5 Å². The number of anilines is 1. The maximum absolute atomic E-state index is 13.6. The fourth-order valence-electron chi connectivity index (χ4n) is 3.71. The lowest BCUT2D eigenvalue weighted by molar-refractivity contribution is -0.120. The van der Waals surface area contributed by atoms with Gasteiger partial charge in [-0.05, 0) is 41.5 Å². The Morgan fingerprint density at radius 3 is 1.69 bits per heavy atom. The molecular formula is C27H22Cl2N2O3S. The van der Waals surface area contributed by atoms with E-state index in [1.54, 1.807) is 18.2 Å². The Labute approximate surface area is 215 Å². The maximum Gasteiger partial charge on any atom is 0.264 e. The molecule has 0 radical (unpaired) electrons. The third-order valence-electron chi connectivity index (χ3n) is 5.32. The maximum atomic E-state index is 13.6. The van der Waals surface area contributed by atoms with E-state index in [-0.39, 0.29) is 20.6 Å². The van der Waals surface area contributed by atoms with Gasteiger partial charge in [0.15, 0.2) is 0 Å². The molecule has 0 atom stereocenters. The van der Waals surface area contributed by atoms with Crippen LogP contribution in [0.4, 0.5) is 5.69 Å². The quantitative estimate of drug-likeness (QED) is 0.303. The van der Waals surface area contributed by atoms with Gasteiger partial charge in [0.25, 0.3) is 10.0 Å². The monoisotopic (exact) mass is 524 g/mol. The number of amides is 1. The molecule has 0 aromatic heterocycles.